The molecule has 0 spiro atoms. The zero-order chi connectivity index (χ0) is 14.8. The van der Waals surface area contributed by atoms with Gasteiger partial charge in [0.2, 0.25) is 0 Å². The summed E-state index contributed by atoms with van der Waals surface area (Å²) in [5.41, 5.74) is -0.663. The molecular weight excluding hydrogens is 270 g/mol. The van der Waals surface area contributed by atoms with E-state index in [9.17, 15) is 14.7 Å². The Hall–Kier alpha value is -1.75. The predicted molar refractivity (Wildman–Crippen MR) is 71.5 cm³/mol. The van der Waals surface area contributed by atoms with Gasteiger partial charge in [-0.3, -0.25) is 4.79 Å². The molecule has 1 atom stereocenters. The molecule has 0 saturated heterocycles. The molecule has 104 valence electrons. The fraction of sp³-hybridized carbons (Fsp3) is 0.385. The molecule has 1 amide bonds. The average molecular weight is 286 g/mol. The lowest BCUT2D eigenvalue weighted by Gasteiger charge is -2.27. The van der Waals surface area contributed by atoms with Gasteiger partial charge in [0.1, 0.15) is 11.8 Å². The number of amides is 1. The van der Waals surface area contributed by atoms with E-state index in [1.165, 1.54) is 18.2 Å². The fourth-order valence-electron chi connectivity index (χ4n) is 1.55. The van der Waals surface area contributed by atoms with Crippen LogP contribution in [-0.4, -0.2) is 28.1 Å². The summed E-state index contributed by atoms with van der Waals surface area (Å²) in [6, 6.07) is 2.95. The van der Waals surface area contributed by atoms with Gasteiger partial charge in [-0.1, -0.05) is 32.4 Å². The number of aromatic hydroxyl groups is 1. The van der Waals surface area contributed by atoms with Crippen molar-refractivity contribution in [1.29, 1.82) is 0 Å². The summed E-state index contributed by atoms with van der Waals surface area (Å²) in [7, 11) is 0. The van der Waals surface area contributed by atoms with Crippen LogP contribution in [0.3, 0.4) is 0 Å². The first kappa shape index (κ1) is 15.3. The second-order valence-electron chi connectivity index (χ2n) is 5.27. The van der Waals surface area contributed by atoms with Gasteiger partial charge in [0.25, 0.3) is 5.91 Å². The average Bonchev–Trinajstić information content (AvgIpc) is 2.23. The standard InChI is InChI=1S/C13H16ClNO4/c1-13(2,3)10(12(18)19)15-11(17)8-5-4-7(14)6-9(8)16/h4-6,10,16H,1-3H3,(H,15,17)(H,18,19)/t10-/m0/s1. The van der Waals surface area contributed by atoms with Crippen molar-refractivity contribution in [3.8, 4) is 5.75 Å². The Labute approximate surface area is 116 Å². The first-order valence-electron chi connectivity index (χ1n) is 5.65. The number of rotatable bonds is 3. The lowest BCUT2D eigenvalue weighted by Crippen LogP contribution is -2.49. The van der Waals surface area contributed by atoms with Crippen molar-refractivity contribution in [1.82, 2.24) is 5.32 Å². The monoisotopic (exact) mass is 285 g/mol. The third-order valence-electron chi connectivity index (χ3n) is 2.59. The van der Waals surface area contributed by atoms with Crippen LogP contribution in [0.1, 0.15) is 31.1 Å². The summed E-state index contributed by atoms with van der Waals surface area (Å²) in [5, 5.41) is 21.4. The van der Waals surface area contributed by atoms with Crippen LogP contribution in [0.5, 0.6) is 5.75 Å². The number of halogens is 1. The number of aliphatic carboxylic acids is 1. The Bertz CT molecular complexity index is 508. The molecule has 0 aromatic heterocycles. The summed E-state index contributed by atoms with van der Waals surface area (Å²) in [6.45, 7) is 5.11. The summed E-state index contributed by atoms with van der Waals surface area (Å²) in [5.74, 6) is -2.08. The molecule has 0 fully saturated rings. The van der Waals surface area contributed by atoms with Crippen LogP contribution < -0.4 is 5.32 Å². The predicted octanol–water partition coefficient (Wildman–Crippen LogP) is 2.27. The number of hydrogen-bond donors (Lipinski definition) is 3. The summed E-state index contributed by atoms with van der Waals surface area (Å²) >= 11 is 5.66. The van der Waals surface area contributed by atoms with E-state index in [0.29, 0.717) is 5.02 Å². The van der Waals surface area contributed by atoms with E-state index in [2.05, 4.69) is 5.32 Å². The van der Waals surface area contributed by atoms with E-state index < -0.39 is 23.3 Å². The molecule has 0 aliphatic heterocycles. The zero-order valence-electron chi connectivity index (χ0n) is 10.9. The largest absolute Gasteiger partial charge is 0.507 e. The van der Waals surface area contributed by atoms with Crippen LogP contribution in [-0.2, 0) is 4.79 Å². The van der Waals surface area contributed by atoms with Gasteiger partial charge in [-0.25, -0.2) is 4.79 Å². The highest BCUT2D eigenvalue weighted by Gasteiger charge is 2.33. The lowest BCUT2D eigenvalue weighted by molar-refractivity contribution is -0.142. The number of carbonyl (C=O) groups is 2. The van der Waals surface area contributed by atoms with Gasteiger partial charge in [-0.05, 0) is 23.6 Å². The highest BCUT2D eigenvalue weighted by atomic mass is 35.5. The number of phenols is 1. The maximum atomic E-state index is 12.0. The Morgan fingerprint density at radius 3 is 2.32 bits per heavy atom. The van der Waals surface area contributed by atoms with Crippen molar-refractivity contribution in [3.05, 3.63) is 28.8 Å². The van der Waals surface area contributed by atoms with Crippen molar-refractivity contribution in [2.45, 2.75) is 26.8 Å². The van der Waals surface area contributed by atoms with E-state index in [1.807, 2.05) is 0 Å². The second kappa shape index (κ2) is 5.48. The molecule has 0 unspecified atom stereocenters. The number of carboxylic acids is 1. The van der Waals surface area contributed by atoms with Gasteiger partial charge >= 0.3 is 5.97 Å². The minimum absolute atomic E-state index is 0.0140. The smallest absolute Gasteiger partial charge is 0.326 e. The number of phenolic OH excluding ortho intramolecular Hbond substituents is 1. The summed E-state index contributed by atoms with van der Waals surface area (Å²) in [6.07, 6.45) is 0. The Morgan fingerprint density at radius 2 is 1.89 bits per heavy atom. The van der Waals surface area contributed by atoms with Crippen LogP contribution in [0.15, 0.2) is 18.2 Å². The molecule has 0 aliphatic carbocycles. The molecule has 0 aliphatic rings. The molecule has 3 N–H and O–H groups in total. The molecule has 5 nitrogen and oxygen atoms in total. The van der Waals surface area contributed by atoms with E-state index >= 15 is 0 Å². The van der Waals surface area contributed by atoms with Crippen molar-refractivity contribution in [3.63, 3.8) is 0 Å². The van der Waals surface area contributed by atoms with Gasteiger partial charge in [-0.2, -0.15) is 0 Å². The van der Waals surface area contributed by atoms with E-state index in [4.69, 9.17) is 16.7 Å². The maximum Gasteiger partial charge on any atom is 0.326 e. The van der Waals surface area contributed by atoms with Crippen LogP contribution >= 0.6 is 11.6 Å². The normalized spacial score (nSPS) is 12.8. The van der Waals surface area contributed by atoms with Crippen LogP contribution in [0.4, 0.5) is 0 Å². The highest BCUT2D eigenvalue weighted by molar-refractivity contribution is 6.30. The quantitative estimate of drug-likeness (QED) is 0.795. The summed E-state index contributed by atoms with van der Waals surface area (Å²) in [4.78, 5) is 23.1. The minimum atomic E-state index is -1.13. The van der Waals surface area contributed by atoms with Crippen LogP contribution in [0.25, 0.3) is 0 Å². The lowest BCUT2D eigenvalue weighted by atomic mass is 9.86. The van der Waals surface area contributed by atoms with Crippen molar-refractivity contribution < 1.29 is 19.8 Å². The first-order chi connectivity index (χ1) is 8.62. The minimum Gasteiger partial charge on any atom is -0.507 e. The van der Waals surface area contributed by atoms with Gasteiger partial charge < -0.3 is 15.5 Å². The second-order valence-corrected chi connectivity index (χ2v) is 5.71. The third-order valence-corrected chi connectivity index (χ3v) is 2.83. The highest BCUT2D eigenvalue weighted by Crippen LogP contribution is 2.24. The van der Waals surface area contributed by atoms with Crippen molar-refractivity contribution >= 4 is 23.5 Å². The molecule has 0 heterocycles. The molecule has 1 aromatic carbocycles. The topological polar surface area (TPSA) is 86.6 Å². The van der Waals surface area contributed by atoms with E-state index in [1.54, 1.807) is 20.8 Å². The summed E-state index contributed by atoms with van der Waals surface area (Å²) < 4.78 is 0. The molecule has 0 bridgehead atoms. The molecule has 0 saturated carbocycles. The van der Waals surface area contributed by atoms with E-state index in [0.717, 1.165) is 0 Å². The van der Waals surface area contributed by atoms with E-state index in [-0.39, 0.29) is 11.3 Å². The Balaban J connectivity index is 2.98. The third kappa shape index (κ3) is 3.86. The zero-order valence-corrected chi connectivity index (χ0v) is 11.7. The fourth-order valence-corrected chi connectivity index (χ4v) is 1.72. The SMILES string of the molecule is CC(C)(C)[C@@H](NC(=O)c1ccc(Cl)cc1O)C(=O)O. The van der Waals surface area contributed by atoms with Crippen molar-refractivity contribution in [2.75, 3.05) is 0 Å². The van der Waals surface area contributed by atoms with Gasteiger partial charge in [0, 0.05) is 5.02 Å². The van der Waals surface area contributed by atoms with Gasteiger partial charge in [-0.15, -0.1) is 0 Å². The molecule has 6 heteroatoms. The number of nitrogens with one attached hydrogen (secondary N) is 1. The Morgan fingerprint density at radius 1 is 1.32 bits per heavy atom. The molecule has 0 radical (unpaired) electrons. The molecule has 19 heavy (non-hydrogen) atoms. The van der Waals surface area contributed by atoms with Gasteiger partial charge in [0.05, 0.1) is 5.56 Å². The van der Waals surface area contributed by atoms with Crippen LogP contribution in [0, 0.1) is 5.41 Å². The maximum absolute atomic E-state index is 12.0. The molecular formula is C13H16ClNO4. The number of carbonyl (C=O) groups excluding carboxylic acids is 1. The van der Waals surface area contributed by atoms with Crippen molar-refractivity contribution in [2.24, 2.45) is 5.41 Å². The number of benzene rings is 1. The van der Waals surface area contributed by atoms with Gasteiger partial charge in [0.15, 0.2) is 0 Å². The molecule has 1 aromatic rings. The Kier molecular flexibility index (Phi) is 4.42. The van der Waals surface area contributed by atoms with Crippen LogP contribution in [0.2, 0.25) is 5.02 Å². The number of carboxylic acid groups (broad SMARTS) is 1. The number of hydrogen-bond acceptors (Lipinski definition) is 3. The first-order valence-corrected chi connectivity index (χ1v) is 6.03. The molecule has 1 rings (SSSR count).